The van der Waals surface area contributed by atoms with Crippen LogP contribution in [0.25, 0.3) is 0 Å². The van der Waals surface area contributed by atoms with E-state index in [1.807, 2.05) is 0 Å². The molecule has 4 aliphatic rings. The highest BCUT2D eigenvalue weighted by Gasteiger charge is 2.64. The lowest BCUT2D eigenvalue weighted by molar-refractivity contribution is -0.194. The van der Waals surface area contributed by atoms with Crippen molar-refractivity contribution in [2.75, 3.05) is 26.2 Å². The zero-order chi connectivity index (χ0) is 37.3. The molecular weight excluding hydrogens is 638 g/mol. The molecule has 0 aromatic heterocycles. The Morgan fingerprint density at radius 1 is 0.780 bits per heavy atom. The topological polar surface area (TPSA) is 205 Å². The van der Waals surface area contributed by atoms with Gasteiger partial charge in [0.15, 0.2) is 0 Å². The first-order valence-electron chi connectivity index (χ1n) is 19.7. The van der Waals surface area contributed by atoms with E-state index in [0.29, 0.717) is 55.1 Å². The standard InChI is InChI=1S/C33H57NO4.2C3H7NO2/c1-5-6-7-10-21-37-30(35)17-12-23(2)26-15-16-27-25-14-13-24-11-8-9-19-32(24,3)28(25)22-29(33(26,27)4)38-31(36)18-20-34;2*4-2-1-3(5)6/h23-29H,5-22,34H2,1-4H3;2*1-2,4H2,(H,5,6)/t23-,24?,25?,26?,27?,28?,29+,32?,33?;;/m1../s1. The van der Waals surface area contributed by atoms with E-state index in [1.165, 1.54) is 64.2 Å². The van der Waals surface area contributed by atoms with Gasteiger partial charge in [-0.15, -0.1) is 0 Å². The first kappa shape index (κ1) is 43.9. The van der Waals surface area contributed by atoms with Crippen molar-refractivity contribution in [1.29, 1.82) is 0 Å². The van der Waals surface area contributed by atoms with Crippen LogP contribution in [-0.4, -0.2) is 66.4 Å². The summed E-state index contributed by atoms with van der Waals surface area (Å²) in [5, 5.41) is 15.7. The van der Waals surface area contributed by atoms with E-state index in [9.17, 15) is 19.2 Å². The van der Waals surface area contributed by atoms with Crippen LogP contribution >= 0.6 is 0 Å². The molecule has 290 valence electrons. The van der Waals surface area contributed by atoms with Crippen LogP contribution < -0.4 is 17.2 Å². The molecule has 7 unspecified atom stereocenters. The van der Waals surface area contributed by atoms with Gasteiger partial charge < -0.3 is 36.9 Å². The molecule has 0 spiro atoms. The molecule has 4 rings (SSSR count). The number of nitrogens with two attached hydrogens (primary N) is 3. The second-order valence-electron chi connectivity index (χ2n) is 15.9. The minimum Gasteiger partial charge on any atom is -0.481 e. The Morgan fingerprint density at radius 2 is 1.44 bits per heavy atom. The maximum atomic E-state index is 12.9. The normalized spacial score (nSPS) is 31.6. The van der Waals surface area contributed by atoms with Crippen LogP contribution in [0, 0.1) is 46.3 Å². The highest BCUT2D eigenvalue weighted by molar-refractivity contribution is 5.70. The number of carboxylic acid groups (broad SMARTS) is 2. The molecule has 0 bridgehead atoms. The lowest BCUT2D eigenvalue weighted by Gasteiger charge is -2.62. The van der Waals surface area contributed by atoms with Gasteiger partial charge in [-0.25, -0.2) is 0 Å². The second kappa shape index (κ2) is 22.0. The zero-order valence-electron chi connectivity index (χ0n) is 31.7. The first-order chi connectivity index (χ1) is 23.8. The Hall–Kier alpha value is -2.24. The first-order valence-corrected chi connectivity index (χ1v) is 19.7. The fraction of sp³-hybridized carbons (Fsp3) is 0.897. The molecule has 0 radical (unpaired) electrons. The summed E-state index contributed by atoms with van der Waals surface area (Å²) in [7, 11) is 0. The van der Waals surface area contributed by atoms with Crippen molar-refractivity contribution in [2.45, 2.75) is 149 Å². The summed E-state index contributed by atoms with van der Waals surface area (Å²) in [4.78, 5) is 44.4. The SMILES string of the molecule is CCCCCCOC(=O)CC[C@@H](C)C1CCC2C3CCC4CCCCC4(C)C3C[C@H](OC(=O)CCN)C21C.NCCC(=O)O.NCCC(=O)O. The molecule has 0 aliphatic heterocycles. The number of rotatable bonds is 16. The average Bonchev–Trinajstić information content (AvgIpc) is 3.42. The van der Waals surface area contributed by atoms with Gasteiger partial charge in [0.25, 0.3) is 0 Å². The summed E-state index contributed by atoms with van der Waals surface area (Å²) in [5.74, 6) is 1.88. The van der Waals surface area contributed by atoms with Crippen molar-refractivity contribution in [3.63, 3.8) is 0 Å². The van der Waals surface area contributed by atoms with E-state index < -0.39 is 11.9 Å². The van der Waals surface area contributed by atoms with Crippen molar-refractivity contribution in [1.82, 2.24) is 0 Å². The quantitative estimate of drug-likeness (QED) is 0.0890. The Kier molecular flexibility index (Phi) is 19.3. The van der Waals surface area contributed by atoms with Gasteiger partial charge in [0.2, 0.25) is 0 Å². The Balaban J connectivity index is 0.000000619. The van der Waals surface area contributed by atoms with Crippen LogP contribution in [0.2, 0.25) is 0 Å². The van der Waals surface area contributed by atoms with Gasteiger partial charge in [-0.05, 0) is 98.7 Å². The van der Waals surface area contributed by atoms with Crippen molar-refractivity contribution in [2.24, 2.45) is 63.5 Å². The third-order valence-corrected chi connectivity index (χ3v) is 12.8. The van der Waals surface area contributed by atoms with Gasteiger partial charge >= 0.3 is 23.9 Å². The van der Waals surface area contributed by atoms with Gasteiger partial charge in [-0.1, -0.05) is 59.8 Å². The highest BCUT2D eigenvalue weighted by atomic mass is 16.5. The number of hydrogen-bond donors (Lipinski definition) is 5. The molecule has 50 heavy (non-hydrogen) atoms. The fourth-order valence-electron chi connectivity index (χ4n) is 10.3. The smallest absolute Gasteiger partial charge is 0.307 e. The van der Waals surface area contributed by atoms with E-state index in [2.05, 4.69) is 27.7 Å². The molecule has 4 saturated carbocycles. The largest absolute Gasteiger partial charge is 0.481 e. The van der Waals surface area contributed by atoms with E-state index in [-0.39, 0.29) is 49.4 Å². The average molecular weight is 710 g/mol. The number of aliphatic carboxylic acids is 2. The molecule has 0 saturated heterocycles. The van der Waals surface area contributed by atoms with E-state index in [1.54, 1.807) is 0 Å². The van der Waals surface area contributed by atoms with Gasteiger partial charge in [-0.3, -0.25) is 19.2 Å². The molecule has 4 aliphatic carbocycles. The van der Waals surface area contributed by atoms with Crippen molar-refractivity contribution in [3.05, 3.63) is 0 Å². The number of carbonyl (C=O) groups is 4. The summed E-state index contributed by atoms with van der Waals surface area (Å²) in [5.41, 5.74) is 15.8. The number of carboxylic acids is 2. The number of hydrogen-bond acceptors (Lipinski definition) is 9. The van der Waals surface area contributed by atoms with Gasteiger partial charge in [0, 0.05) is 31.5 Å². The minimum atomic E-state index is -0.836. The van der Waals surface area contributed by atoms with Gasteiger partial charge in [-0.2, -0.15) is 0 Å². The summed E-state index contributed by atoms with van der Waals surface area (Å²) >= 11 is 0. The van der Waals surface area contributed by atoms with Crippen molar-refractivity contribution < 1.29 is 38.9 Å². The minimum absolute atomic E-state index is 0.0211. The molecule has 0 amide bonds. The molecule has 0 heterocycles. The third kappa shape index (κ3) is 12.2. The fourth-order valence-corrected chi connectivity index (χ4v) is 10.3. The molecular formula is C39H71N3O8. The number of ether oxygens (including phenoxy) is 2. The summed E-state index contributed by atoms with van der Waals surface area (Å²) in [6.45, 7) is 10.9. The number of unbranched alkanes of at least 4 members (excludes halogenated alkanes) is 3. The summed E-state index contributed by atoms with van der Waals surface area (Å²) < 4.78 is 11.9. The van der Waals surface area contributed by atoms with Gasteiger partial charge in [0.1, 0.15) is 6.10 Å². The van der Waals surface area contributed by atoms with Crippen LogP contribution in [0.4, 0.5) is 0 Å². The second-order valence-corrected chi connectivity index (χ2v) is 15.9. The van der Waals surface area contributed by atoms with Crippen molar-refractivity contribution >= 4 is 23.9 Å². The van der Waals surface area contributed by atoms with Crippen LogP contribution in [0.15, 0.2) is 0 Å². The van der Waals surface area contributed by atoms with Crippen LogP contribution in [0.3, 0.4) is 0 Å². The molecule has 11 heteroatoms. The Bertz CT molecular complexity index is 1040. The van der Waals surface area contributed by atoms with E-state index in [0.717, 1.165) is 37.5 Å². The third-order valence-electron chi connectivity index (χ3n) is 12.8. The Labute approximate surface area is 301 Å². The molecule has 11 nitrogen and oxygen atoms in total. The molecule has 8 N–H and O–H groups in total. The van der Waals surface area contributed by atoms with E-state index >= 15 is 0 Å². The maximum Gasteiger partial charge on any atom is 0.307 e. The Morgan fingerprint density at radius 3 is 2.02 bits per heavy atom. The summed E-state index contributed by atoms with van der Waals surface area (Å²) in [6.07, 6.45) is 17.9. The number of fused-ring (bicyclic) bond motifs is 5. The highest BCUT2D eigenvalue weighted by Crippen LogP contribution is 2.69. The summed E-state index contributed by atoms with van der Waals surface area (Å²) in [6, 6.07) is 0. The monoisotopic (exact) mass is 710 g/mol. The number of esters is 2. The predicted octanol–water partition coefficient (Wildman–Crippen LogP) is 6.29. The van der Waals surface area contributed by atoms with Crippen LogP contribution in [-0.2, 0) is 28.7 Å². The molecule has 0 aromatic carbocycles. The van der Waals surface area contributed by atoms with Crippen LogP contribution in [0.5, 0.6) is 0 Å². The molecule has 9 atom stereocenters. The lowest BCUT2D eigenvalue weighted by Crippen LogP contribution is -2.59. The molecule has 0 aromatic rings. The maximum absolute atomic E-state index is 12.9. The predicted molar refractivity (Wildman–Crippen MR) is 195 cm³/mol. The van der Waals surface area contributed by atoms with E-state index in [4.69, 9.17) is 36.9 Å². The number of carbonyl (C=O) groups excluding carboxylic acids is 2. The van der Waals surface area contributed by atoms with Crippen molar-refractivity contribution in [3.8, 4) is 0 Å². The lowest BCUT2D eigenvalue weighted by atomic mass is 9.44. The molecule has 4 fully saturated rings. The zero-order valence-corrected chi connectivity index (χ0v) is 31.7. The van der Waals surface area contributed by atoms with Gasteiger partial charge in [0.05, 0.1) is 25.9 Å². The van der Waals surface area contributed by atoms with Crippen LogP contribution in [0.1, 0.15) is 143 Å².